The molecule has 29 heavy (non-hydrogen) atoms. The molecule has 0 amide bonds. The van der Waals surface area contributed by atoms with Crippen molar-refractivity contribution in [2.75, 3.05) is 6.54 Å². The highest BCUT2D eigenvalue weighted by molar-refractivity contribution is 5.33. The van der Waals surface area contributed by atoms with Gasteiger partial charge < -0.3 is 10.1 Å². The fraction of sp³-hybridized carbons (Fsp3) is 0.429. The van der Waals surface area contributed by atoms with Crippen molar-refractivity contribution in [3.05, 3.63) is 70.8 Å². The second-order valence-corrected chi connectivity index (χ2v) is 7.35. The smallest absolute Gasteiger partial charge is 0.371 e. The van der Waals surface area contributed by atoms with Crippen LogP contribution in [0, 0.1) is 0 Å². The predicted octanol–water partition coefficient (Wildman–Crippen LogP) is 5.91. The van der Waals surface area contributed by atoms with Crippen molar-refractivity contribution in [2.24, 2.45) is 0 Å². The van der Waals surface area contributed by atoms with Crippen LogP contribution < -0.4 is 5.32 Å². The first-order valence-corrected chi connectivity index (χ1v) is 9.21. The van der Waals surface area contributed by atoms with Crippen molar-refractivity contribution in [1.82, 2.24) is 5.32 Å². The Morgan fingerprint density at radius 2 is 1.55 bits per heavy atom. The van der Waals surface area contributed by atoms with E-state index < -0.39 is 35.1 Å². The summed E-state index contributed by atoms with van der Waals surface area (Å²) in [5.74, 6) is 0. The topological polar surface area (TPSA) is 21.3 Å². The van der Waals surface area contributed by atoms with Gasteiger partial charge in [-0.3, -0.25) is 0 Å². The van der Waals surface area contributed by atoms with Crippen molar-refractivity contribution in [1.29, 1.82) is 0 Å². The zero-order chi connectivity index (χ0) is 21.3. The Kier molecular flexibility index (Phi) is 5.96. The lowest BCUT2D eigenvalue weighted by Crippen LogP contribution is -2.54. The minimum absolute atomic E-state index is 0.125. The van der Waals surface area contributed by atoms with Crippen LogP contribution in [0.15, 0.2) is 48.5 Å². The van der Waals surface area contributed by atoms with Gasteiger partial charge in [-0.1, -0.05) is 30.3 Å². The maximum atomic E-state index is 13.1. The largest absolute Gasteiger partial charge is 0.416 e. The highest BCUT2D eigenvalue weighted by atomic mass is 19.4. The number of ether oxygens (including phenoxy) is 1. The van der Waals surface area contributed by atoms with Gasteiger partial charge in [-0.25, -0.2) is 0 Å². The predicted molar refractivity (Wildman–Crippen MR) is 96.1 cm³/mol. The van der Waals surface area contributed by atoms with Crippen LogP contribution in [0.3, 0.4) is 0 Å². The number of nitrogens with one attached hydrogen (secondary N) is 1. The van der Waals surface area contributed by atoms with E-state index in [1.807, 2.05) is 37.3 Å². The van der Waals surface area contributed by atoms with Gasteiger partial charge in [0.2, 0.25) is 0 Å². The van der Waals surface area contributed by atoms with Gasteiger partial charge in [0.15, 0.2) is 0 Å². The Morgan fingerprint density at radius 3 is 2.10 bits per heavy atom. The summed E-state index contributed by atoms with van der Waals surface area (Å²) < 4.78 is 84.2. The molecule has 1 heterocycles. The number of rotatable bonds is 4. The standard InChI is InChI=1S/C21H21F6NO/c1-19(15-6-3-2-4-7-15)18(8-5-9-28-19)29-13-14-10-16(20(22,23)24)12-17(11-14)21(25,26)27/h2-4,6-7,10-12,18,28H,5,8-9,13H2,1H3/t18-,19-/m1/s1. The number of hydrogen-bond donors (Lipinski definition) is 1. The third-order valence-corrected chi connectivity index (χ3v) is 5.25. The number of halogens is 6. The first-order valence-electron chi connectivity index (χ1n) is 9.21. The third-order valence-electron chi connectivity index (χ3n) is 5.25. The van der Waals surface area contributed by atoms with Gasteiger partial charge in [0.05, 0.1) is 29.4 Å². The maximum Gasteiger partial charge on any atom is 0.416 e. The van der Waals surface area contributed by atoms with Crippen molar-refractivity contribution in [2.45, 2.75) is 50.4 Å². The molecule has 1 N–H and O–H groups in total. The van der Waals surface area contributed by atoms with E-state index in [0.29, 0.717) is 18.6 Å². The number of hydrogen-bond acceptors (Lipinski definition) is 2. The second-order valence-electron chi connectivity index (χ2n) is 7.35. The molecule has 2 aromatic carbocycles. The van der Waals surface area contributed by atoms with Gasteiger partial charge >= 0.3 is 12.4 Å². The lowest BCUT2D eigenvalue weighted by Gasteiger charge is -2.42. The first-order chi connectivity index (χ1) is 13.5. The molecule has 158 valence electrons. The van der Waals surface area contributed by atoms with Crippen LogP contribution in [0.4, 0.5) is 26.3 Å². The minimum atomic E-state index is -4.87. The van der Waals surface area contributed by atoms with Crippen LogP contribution in [-0.2, 0) is 29.2 Å². The summed E-state index contributed by atoms with van der Waals surface area (Å²) in [7, 11) is 0. The monoisotopic (exact) mass is 417 g/mol. The lowest BCUT2D eigenvalue weighted by molar-refractivity contribution is -0.143. The molecular weight excluding hydrogens is 396 g/mol. The van der Waals surface area contributed by atoms with Crippen LogP contribution in [-0.4, -0.2) is 12.6 Å². The first kappa shape index (κ1) is 21.6. The second kappa shape index (κ2) is 7.99. The average Bonchev–Trinajstić information content (AvgIpc) is 2.66. The van der Waals surface area contributed by atoms with E-state index in [1.165, 1.54) is 0 Å². The fourth-order valence-electron chi connectivity index (χ4n) is 3.66. The van der Waals surface area contributed by atoms with Crippen LogP contribution >= 0.6 is 0 Å². The molecule has 1 saturated heterocycles. The summed E-state index contributed by atoms with van der Waals surface area (Å²) in [6.45, 7) is 2.33. The van der Waals surface area contributed by atoms with E-state index in [0.717, 1.165) is 18.5 Å². The maximum absolute atomic E-state index is 13.1. The molecular formula is C21H21F6NO. The lowest BCUT2D eigenvalue weighted by atomic mass is 9.81. The summed E-state index contributed by atoms with van der Waals surface area (Å²) in [4.78, 5) is 0. The van der Waals surface area contributed by atoms with E-state index in [2.05, 4.69) is 5.32 Å². The Hall–Kier alpha value is -2.06. The van der Waals surface area contributed by atoms with E-state index in [1.54, 1.807) is 0 Å². The molecule has 0 bridgehead atoms. The highest BCUT2D eigenvalue weighted by Gasteiger charge is 2.40. The highest BCUT2D eigenvalue weighted by Crippen LogP contribution is 2.37. The molecule has 0 unspecified atom stereocenters. The fourth-order valence-corrected chi connectivity index (χ4v) is 3.66. The van der Waals surface area contributed by atoms with E-state index in [-0.39, 0.29) is 18.2 Å². The van der Waals surface area contributed by atoms with E-state index in [4.69, 9.17) is 4.74 Å². The Labute approximate surface area is 164 Å². The van der Waals surface area contributed by atoms with Crippen molar-refractivity contribution < 1.29 is 31.1 Å². The zero-order valence-electron chi connectivity index (χ0n) is 15.7. The van der Waals surface area contributed by atoms with Crippen LogP contribution in [0.1, 0.15) is 42.0 Å². The van der Waals surface area contributed by atoms with Gasteiger partial charge in [0.1, 0.15) is 0 Å². The van der Waals surface area contributed by atoms with Gasteiger partial charge in [-0.2, -0.15) is 26.3 Å². The quantitative estimate of drug-likeness (QED) is 0.625. The molecule has 2 atom stereocenters. The molecule has 0 aromatic heterocycles. The van der Waals surface area contributed by atoms with Crippen molar-refractivity contribution in [3.8, 4) is 0 Å². The van der Waals surface area contributed by atoms with Gasteiger partial charge in [-0.05, 0) is 55.6 Å². The zero-order valence-corrected chi connectivity index (χ0v) is 15.7. The number of alkyl halides is 6. The molecule has 0 spiro atoms. The molecule has 0 saturated carbocycles. The van der Waals surface area contributed by atoms with Crippen LogP contribution in [0.5, 0.6) is 0 Å². The van der Waals surface area contributed by atoms with E-state index in [9.17, 15) is 26.3 Å². The summed E-state index contributed by atoms with van der Waals surface area (Å²) in [5.41, 5.74) is -2.47. The molecule has 0 radical (unpaired) electrons. The summed E-state index contributed by atoms with van der Waals surface area (Å²) in [6.07, 6.45) is -8.71. The third kappa shape index (κ3) is 4.93. The van der Waals surface area contributed by atoms with Crippen molar-refractivity contribution >= 4 is 0 Å². The molecule has 1 aliphatic rings. The van der Waals surface area contributed by atoms with Gasteiger partial charge in [-0.15, -0.1) is 0 Å². The number of benzene rings is 2. The van der Waals surface area contributed by atoms with Crippen LogP contribution in [0.2, 0.25) is 0 Å². The Balaban J connectivity index is 1.86. The van der Waals surface area contributed by atoms with E-state index >= 15 is 0 Å². The molecule has 1 fully saturated rings. The summed E-state index contributed by atoms with van der Waals surface area (Å²) in [5, 5.41) is 3.38. The summed E-state index contributed by atoms with van der Waals surface area (Å²) in [6, 6.07) is 11.0. The van der Waals surface area contributed by atoms with Crippen molar-refractivity contribution in [3.63, 3.8) is 0 Å². The molecule has 1 aliphatic heterocycles. The molecule has 0 aliphatic carbocycles. The molecule has 3 rings (SSSR count). The van der Waals surface area contributed by atoms with Gasteiger partial charge in [0.25, 0.3) is 0 Å². The number of piperidine rings is 1. The normalized spacial score (nSPS) is 23.2. The minimum Gasteiger partial charge on any atom is -0.371 e. The summed E-state index contributed by atoms with van der Waals surface area (Å²) >= 11 is 0. The molecule has 2 aromatic rings. The SMILES string of the molecule is C[C@]1(c2ccccc2)NCCC[C@H]1OCc1cc(C(F)(F)F)cc(C(F)(F)F)c1. The average molecular weight is 417 g/mol. The Morgan fingerprint density at radius 1 is 0.966 bits per heavy atom. The van der Waals surface area contributed by atoms with Crippen LogP contribution in [0.25, 0.3) is 0 Å². The Bertz CT molecular complexity index is 801. The molecule has 8 heteroatoms. The molecule has 2 nitrogen and oxygen atoms in total. The van der Waals surface area contributed by atoms with Gasteiger partial charge in [0, 0.05) is 0 Å².